The van der Waals surface area contributed by atoms with Crippen molar-refractivity contribution in [3.8, 4) is 11.5 Å². The number of nitrogens with zero attached hydrogens (tertiary/aromatic N) is 1. The number of amides is 1. The highest BCUT2D eigenvalue weighted by molar-refractivity contribution is 6.02. The fourth-order valence-corrected chi connectivity index (χ4v) is 2.61. The number of carbonyl (C=O) groups excluding carboxylic acids is 2. The number of Topliss-reactive ketones (excluding diaryl/α,β-unsaturated/α-hetero) is 1. The van der Waals surface area contributed by atoms with Crippen LogP contribution in [0.5, 0.6) is 11.5 Å². The van der Waals surface area contributed by atoms with Gasteiger partial charge in [-0.15, -0.1) is 0 Å². The molecule has 0 spiro atoms. The van der Waals surface area contributed by atoms with E-state index >= 15 is 0 Å². The van der Waals surface area contributed by atoms with E-state index in [-0.39, 0.29) is 40.8 Å². The monoisotopic (exact) mass is 330 g/mol. The fraction of sp³-hybridized carbons (Fsp3) is 0.250. The number of likely N-dealkylation sites (tertiary alicyclic amines) is 1. The number of phenolic OH excluding ortho intramolecular Hbond substituents is 1. The maximum Gasteiger partial charge on any atom is 0.272 e. The molecule has 0 aromatic heterocycles. The third-order valence-electron chi connectivity index (χ3n) is 3.91. The van der Waals surface area contributed by atoms with Crippen LogP contribution in [0.15, 0.2) is 27.8 Å². The third-order valence-corrected chi connectivity index (χ3v) is 3.91. The zero-order valence-electron chi connectivity index (χ0n) is 12.8. The average Bonchev–Trinajstić information content (AvgIpc) is 3.01. The Balaban J connectivity index is 1.90. The standard InChI is InChI=1S/C16H14N2O6/c1-24-15-11(13(21)14(15)22)17-10-4-2-3-9(12(10)20)16(23)18-6-5-8(19)7-18/h2-4,17,20H,5-7H2,1H3. The molecule has 2 N–H and O–H groups in total. The van der Waals surface area contributed by atoms with Gasteiger partial charge in [-0.05, 0) is 12.1 Å². The van der Waals surface area contributed by atoms with E-state index in [0.29, 0.717) is 13.0 Å². The molecule has 24 heavy (non-hydrogen) atoms. The minimum absolute atomic E-state index is 0.00682. The molecule has 1 aliphatic rings. The Morgan fingerprint density at radius 3 is 2.62 bits per heavy atom. The van der Waals surface area contributed by atoms with Gasteiger partial charge >= 0.3 is 0 Å². The van der Waals surface area contributed by atoms with Gasteiger partial charge in [-0.3, -0.25) is 19.2 Å². The Morgan fingerprint density at radius 2 is 2.00 bits per heavy atom. The lowest BCUT2D eigenvalue weighted by molar-refractivity contribution is -0.116. The second-order valence-corrected chi connectivity index (χ2v) is 5.41. The SMILES string of the molecule is COc1c(Nc2cccc(C(=O)N3CCC(=O)C3)c2O)c(=O)c1=O. The first-order valence-electron chi connectivity index (χ1n) is 7.21. The molecule has 2 aromatic carbocycles. The van der Waals surface area contributed by atoms with Crippen LogP contribution >= 0.6 is 0 Å². The number of methoxy groups -OCH3 is 1. The van der Waals surface area contributed by atoms with Crippen LogP contribution < -0.4 is 20.9 Å². The normalized spacial score (nSPS) is 14.2. The second-order valence-electron chi connectivity index (χ2n) is 5.41. The summed E-state index contributed by atoms with van der Waals surface area (Å²) in [7, 11) is 1.26. The fourth-order valence-electron chi connectivity index (χ4n) is 2.61. The molecule has 1 saturated heterocycles. The van der Waals surface area contributed by atoms with Gasteiger partial charge in [0.15, 0.2) is 17.3 Å². The number of rotatable bonds is 4. The lowest BCUT2D eigenvalue weighted by Gasteiger charge is -2.17. The van der Waals surface area contributed by atoms with Crippen molar-refractivity contribution in [3.05, 3.63) is 44.2 Å². The van der Waals surface area contributed by atoms with Gasteiger partial charge in [0.25, 0.3) is 16.8 Å². The molecule has 8 nitrogen and oxygen atoms in total. The van der Waals surface area contributed by atoms with Crippen LogP contribution in [0, 0.1) is 0 Å². The number of nitrogens with one attached hydrogen (secondary N) is 1. The largest absolute Gasteiger partial charge is 0.505 e. The zero-order valence-corrected chi connectivity index (χ0v) is 12.8. The summed E-state index contributed by atoms with van der Waals surface area (Å²) in [5.41, 5.74) is -1.47. The molecular weight excluding hydrogens is 316 g/mol. The van der Waals surface area contributed by atoms with Gasteiger partial charge < -0.3 is 20.1 Å². The molecule has 1 aliphatic heterocycles. The quantitative estimate of drug-likeness (QED) is 0.606. The van der Waals surface area contributed by atoms with E-state index in [9.17, 15) is 24.3 Å². The molecule has 1 heterocycles. The summed E-state index contributed by atoms with van der Waals surface area (Å²) in [6, 6.07) is 4.40. The summed E-state index contributed by atoms with van der Waals surface area (Å²) in [4.78, 5) is 48.0. The van der Waals surface area contributed by atoms with Gasteiger partial charge in [0.2, 0.25) is 0 Å². The number of benzene rings is 1. The Bertz CT molecular complexity index is 910. The van der Waals surface area contributed by atoms with Gasteiger partial charge in [0, 0.05) is 13.0 Å². The molecule has 0 unspecified atom stereocenters. The van der Waals surface area contributed by atoms with E-state index in [1.54, 1.807) is 0 Å². The first-order chi connectivity index (χ1) is 11.4. The van der Waals surface area contributed by atoms with Crippen molar-refractivity contribution in [2.45, 2.75) is 6.42 Å². The number of hydrogen-bond acceptors (Lipinski definition) is 7. The summed E-state index contributed by atoms with van der Waals surface area (Å²) in [5.74, 6) is -0.997. The molecule has 1 fully saturated rings. The Morgan fingerprint density at radius 1 is 1.25 bits per heavy atom. The number of hydrogen-bond donors (Lipinski definition) is 2. The highest BCUT2D eigenvalue weighted by atomic mass is 16.5. The molecule has 1 amide bonds. The molecule has 2 aromatic rings. The van der Waals surface area contributed by atoms with Crippen molar-refractivity contribution in [3.63, 3.8) is 0 Å². The van der Waals surface area contributed by atoms with Gasteiger partial charge in [-0.25, -0.2) is 0 Å². The molecular formula is C16H14N2O6. The van der Waals surface area contributed by atoms with E-state index in [0.717, 1.165) is 0 Å². The lowest BCUT2D eigenvalue weighted by atomic mass is 10.1. The maximum atomic E-state index is 12.4. The van der Waals surface area contributed by atoms with Crippen LogP contribution in [0.2, 0.25) is 0 Å². The Hall–Kier alpha value is -3.16. The Labute approximate surface area is 136 Å². The van der Waals surface area contributed by atoms with Gasteiger partial charge in [0.1, 0.15) is 5.69 Å². The second kappa shape index (κ2) is 5.80. The highest BCUT2D eigenvalue weighted by Crippen LogP contribution is 2.32. The molecule has 8 heteroatoms. The van der Waals surface area contributed by atoms with Crippen molar-refractivity contribution in [1.82, 2.24) is 4.90 Å². The number of ether oxygens (including phenoxy) is 1. The molecule has 3 rings (SSSR count). The number of phenols is 1. The minimum Gasteiger partial charge on any atom is -0.505 e. The van der Waals surface area contributed by atoms with Crippen molar-refractivity contribution in [1.29, 1.82) is 0 Å². The topological polar surface area (TPSA) is 113 Å². The van der Waals surface area contributed by atoms with Gasteiger partial charge in [0.05, 0.1) is 24.9 Å². The lowest BCUT2D eigenvalue weighted by Crippen LogP contribution is -2.34. The predicted molar refractivity (Wildman–Crippen MR) is 84.8 cm³/mol. The highest BCUT2D eigenvalue weighted by Gasteiger charge is 2.28. The predicted octanol–water partition coefficient (Wildman–Crippen LogP) is 0.155. The summed E-state index contributed by atoms with van der Waals surface area (Å²) in [5, 5.41) is 12.9. The van der Waals surface area contributed by atoms with Crippen molar-refractivity contribution in [2.75, 3.05) is 25.5 Å². The van der Waals surface area contributed by atoms with E-state index in [1.165, 1.54) is 30.2 Å². The first kappa shape index (κ1) is 15.7. The molecule has 0 atom stereocenters. The Kier molecular flexibility index (Phi) is 3.80. The van der Waals surface area contributed by atoms with E-state index in [1.807, 2.05) is 0 Å². The summed E-state index contributed by atoms with van der Waals surface area (Å²) < 4.78 is 4.82. The van der Waals surface area contributed by atoms with E-state index < -0.39 is 16.8 Å². The van der Waals surface area contributed by atoms with Crippen molar-refractivity contribution in [2.24, 2.45) is 0 Å². The molecule has 0 aliphatic carbocycles. The molecule has 0 saturated carbocycles. The van der Waals surface area contributed by atoms with Crippen LogP contribution in [0.1, 0.15) is 16.8 Å². The summed E-state index contributed by atoms with van der Waals surface area (Å²) >= 11 is 0. The number of anilines is 2. The third kappa shape index (κ3) is 2.41. The van der Waals surface area contributed by atoms with Crippen LogP contribution in [0.3, 0.4) is 0 Å². The average molecular weight is 330 g/mol. The number of para-hydroxylation sites is 1. The summed E-state index contributed by atoms with van der Waals surface area (Å²) in [6.45, 7) is 0.322. The van der Waals surface area contributed by atoms with Crippen LogP contribution in [-0.4, -0.2) is 41.9 Å². The summed E-state index contributed by atoms with van der Waals surface area (Å²) in [6.07, 6.45) is 0.297. The minimum atomic E-state index is -0.756. The number of ketones is 1. The maximum absolute atomic E-state index is 12.4. The van der Waals surface area contributed by atoms with Crippen LogP contribution in [0.4, 0.5) is 11.4 Å². The van der Waals surface area contributed by atoms with E-state index in [4.69, 9.17) is 4.74 Å². The molecule has 124 valence electrons. The van der Waals surface area contributed by atoms with Crippen LogP contribution in [-0.2, 0) is 4.79 Å². The zero-order chi connectivity index (χ0) is 17.4. The molecule has 0 bridgehead atoms. The first-order valence-corrected chi connectivity index (χ1v) is 7.21. The molecule has 0 radical (unpaired) electrons. The van der Waals surface area contributed by atoms with Crippen molar-refractivity contribution < 1.29 is 19.4 Å². The van der Waals surface area contributed by atoms with Crippen LogP contribution in [0.25, 0.3) is 0 Å². The van der Waals surface area contributed by atoms with Crippen molar-refractivity contribution >= 4 is 23.1 Å². The number of carbonyl (C=O) groups is 2. The van der Waals surface area contributed by atoms with Gasteiger partial charge in [-0.1, -0.05) is 6.07 Å². The van der Waals surface area contributed by atoms with Gasteiger partial charge in [-0.2, -0.15) is 0 Å². The smallest absolute Gasteiger partial charge is 0.272 e. The number of aromatic hydroxyl groups is 1. The van der Waals surface area contributed by atoms with E-state index in [2.05, 4.69) is 5.32 Å².